The Morgan fingerprint density at radius 3 is 3.00 bits per heavy atom. The maximum Gasteiger partial charge on any atom is 0.136 e. The van der Waals surface area contributed by atoms with E-state index in [1.54, 1.807) is 18.2 Å². The summed E-state index contributed by atoms with van der Waals surface area (Å²) in [6.45, 7) is 0. The average molecular weight is 184 g/mol. The number of hydrogen-bond donors (Lipinski definition) is 2. The highest BCUT2D eigenvalue weighted by atomic mass is 35.5. The van der Waals surface area contributed by atoms with E-state index in [0.717, 1.165) is 5.39 Å². The van der Waals surface area contributed by atoms with Crippen molar-refractivity contribution in [2.45, 2.75) is 0 Å². The van der Waals surface area contributed by atoms with Crippen molar-refractivity contribution in [1.82, 2.24) is 0 Å². The van der Waals surface area contributed by atoms with E-state index in [0.29, 0.717) is 16.3 Å². The number of nitrogens with one attached hydrogen (secondary N) is 1. The van der Waals surface area contributed by atoms with Gasteiger partial charge in [0, 0.05) is 10.4 Å². The molecule has 0 saturated carbocycles. The molecular weight excluding hydrogens is 178 g/mol. The fraction of sp³-hybridized carbons (Fsp3) is 0. The minimum atomic E-state index is 0.521. The van der Waals surface area contributed by atoms with Crippen LogP contribution in [0.25, 0.3) is 11.0 Å². The van der Waals surface area contributed by atoms with Gasteiger partial charge in [0.05, 0.1) is 0 Å². The molecule has 2 aromatic rings. The van der Waals surface area contributed by atoms with E-state index in [4.69, 9.17) is 21.2 Å². The molecule has 0 aliphatic carbocycles. The van der Waals surface area contributed by atoms with Crippen molar-refractivity contribution in [3.05, 3.63) is 29.5 Å². The smallest absolute Gasteiger partial charge is 0.136 e. The molecule has 1 aromatic carbocycles. The van der Waals surface area contributed by atoms with Crippen molar-refractivity contribution in [2.75, 3.05) is 5.48 Å². The van der Waals surface area contributed by atoms with Crippen LogP contribution in [0, 0.1) is 0 Å². The maximum absolute atomic E-state index is 8.66. The molecule has 0 bridgehead atoms. The molecule has 12 heavy (non-hydrogen) atoms. The lowest BCUT2D eigenvalue weighted by atomic mass is 10.2. The van der Waals surface area contributed by atoms with Crippen LogP contribution in [0.4, 0.5) is 5.69 Å². The number of anilines is 1. The van der Waals surface area contributed by atoms with Crippen molar-refractivity contribution in [1.29, 1.82) is 0 Å². The van der Waals surface area contributed by atoms with Crippen molar-refractivity contribution in [2.24, 2.45) is 0 Å². The second-order valence-corrected chi connectivity index (χ2v) is 2.84. The quantitative estimate of drug-likeness (QED) is 0.669. The molecule has 0 aliphatic heterocycles. The van der Waals surface area contributed by atoms with Crippen LogP contribution in [-0.2, 0) is 0 Å². The van der Waals surface area contributed by atoms with E-state index < -0.39 is 0 Å². The first-order valence-corrected chi connectivity index (χ1v) is 3.76. The molecule has 0 unspecified atom stereocenters. The fourth-order valence-corrected chi connectivity index (χ4v) is 1.26. The molecule has 3 nitrogen and oxygen atoms in total. The van der Waals surface area contributed by atoms with Gasteiger partial charge in [-0.3, -0.25) is 10.7 Å². The highest BCUT2D eigenvalue weighted by molar-refractivity contribution is 6.31. The number of fused-ring (bicyclic) bond motifs is 1. The van der Waals surface area contributed by atoms with Gasteiger partial charge in [-0.05, 0) is 18.2 Å². The van der Waals surface area contributed by atoms with E-state index in [9.17, 15) is 0 Å². The maximum atomic E-state index is 8.66. The largest absolute Gasteiger partial charge is 0.462 e. The Morgan fingerprint density at radius 2 is 2.25 bits per heavy atom. The Morgan fingerprint density at radius 1 is 1.42 bits per heavy atom. The molecule has 0 fully saturated rings. The predicted octanol–water partition coefficient (Wildman–Crippen LogP) is 2.89. The molecule has 1 aromatic heterocycles. The van der Waals surface area contributed by atoms with E-state index in [-0.39, 0.29) is 0 Å². The van der Waals surface area contributed by atoms with Gasteiger partial charge in [0.1, 0.15) is 17.5 Å². The molecule has 2 rings (SSSR count). The van der Waals surface area contributed by atoms with E-state index in [1.807, 2.05) is 5.48 Å². The first-order valence-electron chi connectivity index (χ1n) is 3.38. The van der Waals surface area contributed by atoms with Gasteiger partial charge in [-0.25, -0.2) is 0 Å². The molecule has 0 amide bonds. The zero-order valence-electron chi connectivity index (χ0n) is 6.04. The van der Waals surface area contributed by atoms with Gasteiger partial charge < -0.3 is 4.42 Å². The molecular formula is C8H6ClNO2. The molecule has 62 valence electrons. The van der Waals surface area contributed by atoms with Gasteiger partial charge >= 0.3 is 0 Å². The van der Waals surface area contributed by atoms with E-state index in [2.05, 4.69) is 0 Å². The third-order valence-corrected chi connectivity index (χ3v) is 1.89. The average Bonchev–Trinajstić information content (AvgIpc) is 2.46. The molecule has 1 heterocycles. The van der Waals surface area contributed by atoms with Crippen molar-refractivity contribution >= 4 is 28.3 Å². The van der Waals surface area contributed by atoms with Gasteiger partial charge in [0.25, 0.3) is 0 Å². The van der Waals surface area contributed by atoms with Crippen LogP contribution in [0.3, 0.4) is 0 Å². The third-order valence-electron chi connectivity index (χ3n) is 1.66. The first kappa shape index (κ1) is 7.46. The van der Waals surface area contributed by atoms with E-state index >= 15 is 0 Å². The fourth-order valence-electron chi connectivity index (χ4n) is 1.09. The predicted molar refractivity (Wildman–Crippen MR) is 46.6 cm³/mol. The Balaban J connectivity index is 2.75. The zero-order chi connectivity index (χ0) is 8.55. The summed E-state index contributed by atoms with van der Waals surface area (Å²) in [4.78, 5) is 0. The monoisotopic (exact) mass is 183 g/mol. The highest BCUT2D eigenvalue weighted by Gasteiger charge is 2.04. The first-order chi connectivity index (χ1) is 5.81. The number of hydrogen-bond acceptors (Lipinski definition) is 3. The number of furan rings is 1. The number of halogens is 1. The second-order valence-electron chi connectivity index (χ2n) is 2.40. The van der Waals surface area contributed by atoms with Crippen LogP contribution in [0.5, 0.6) is 0 Å². The summed E-state index contributed by atoms with van der Waals surface area (Å²) >= 11 is 5.75. The normalized spacial score (nSPS) is 10.5. The number of rotatable bonds is 1. The summed E-state index contributed by atoms with van der Waals surface area (Å²) in [7, 11) is 0. The van der Waals surface area contributed by atoms with Crippen LogP contribution >= 0.6 is 11.6 Å². The van der Waals surface area contributed by atoms with Crippen molar-refractivity contribution in [3.63, 3.8) is 0 Å². The third kappa shape index (κ3) is 1.03. The number of benzene rings is 1. The topological polar surface area (TPSA) is 45.4 Å². The highest BCUT2D eigenvalue weighted by Crippen LogP contribution is 2.27. The second kappa shape index (κ2) is 2.69. The molecule has 0 aliphatic rings. The van der Waals surface area contributed by atoms with Gasteiger partial charge in [-0.2, -0.15) is 0 Å². The molecule has 2 N–H and O–H groups in total. The molecule has 4 heteroatoms. The van der Waals surface area contributed by atoms with Crippen molar-refractivity contribution in [3.8, 4) is 0 Å². The summed E-state index contributed by atoms with van der Waals surface area (Å²) in [6.07, 6.45) is 1.43. The lowest BCUT2D eigenvalue weighted by Gasteiger charge is -1.93. The summed E-state index contributed by atoms with van der Waals surface area (Å²) in [5.74, 6) is 0. The van der Waals surface area contributed by atoms with Gasteiger partial charge in [0.2, 0.25) is 0 Å². The SMILES string of the molecule is ONc1coc2ccc(Cl)cc12. The van der Waals surface area contributed by atoms with Gasteiger partial charge in [0.15, 0.2) is 0 Å². The summed E-state index contributed by atoms with van der Waals surface area (Å²) < 4.78 is 5.11. The lowest BCUT2D eigenvalue weighted by Crippen LogP contribution is -1.85. The zero-order valence-corrected chi connectivity index (χ0v) is 6.80. The van der Waals surface area contributed by atoms with Crippen LogP contribution in [0.2, 0.25) is 5.02 Å². The Bertz CT molecular complexity index is 410. The van der Waals surface area contributed by atoms with Crippen LogP contribution in [0.15, 0.2) is 28.9 Å². The summed E-state index contributed by atoms with van der Waals surface area (Å²) in [5, 5.41) is 10.0. The molecule has 0 saturated heterocycles. The molecule has 0 atom stereocenters. The lowest BCUT2D eigenvalue weighted by molar-refractivity contribution is 0.388. The molecule has 0 radical (unpaired) electrons. The van der Waals surface area contributed by atoms with Gasteiger partial charge in [-0.1, -0.05) is 11.6 Å². The Kier molecular flexibility index (Phi) is 1.67. The standard InChI is InChI=1S/C8H6ClNO2/c9-5-1-2-8-6(3-5)7(10-11)4-12-8/h1-4,10-11H. The molecule has 0 spiro atoms. The summed E-state index contributed by atoms with van der Waals surface area (Å²) in [6, 6.07) is 5.20. The Hall–Kier alpha value is -1.19. The Labute approximate surface area is 73.5 Å². The van der Waals surface area contributed by atoms with Crippen LogP contribution < -0.4 is 5.48 Å². The minimum Gasteiger partial charge on any atom is -0.462 e. The summed E-state index contributed by atoms with van der Waals surface area (Å²) in [5.41, 5.74) is 3.24. The van der Waals surface area contributed by atoms with Crippen LogP contribution in [0.1, 0.15) is 0 Å². The van der Waals surface area contributed by atoms with E-state index in [1.165, 1.54) is 6.26 Å². The minimum absolute atomic E-state index is 0.521. The van der Waals surface area contributed by atoms with Crippen molar-refractivity contribution < 1.29 is 9.62 Å². The van der Waals surface area contributed by atoms with Crippen LogP contribution in [-0.4, -0.2) is 5.21 Å². The van der Waals surface area contributed by atoms with Gasteiger partial charge in [-0.15, -0.1) is 0 Å².